The molecule has 42 heavy (non-hydrogen) atoms. The number of benzene rings is 3. The normalized spacial score (nSPS) is 19.5. The van der Waals surface area contributed by atoms with Gasteiger partial charge in [-0.3, -0.25) is 9.59 Å². The van der Waals surface area contributed by atoms with Crippen LogP contribution in [0.1, 0.15) is 43.0 Å². The first kappa shape index (κ1) is 28.0. The van der Waals surface area contributed by atoms with E-state index in [4.69, 9.17) is 4.74 Å². The summed E-state index contributed by atoms with van der Waals surface area (Å²) in [5, 5.41) is 4.25. The fraction of sp³-hybridized carbons (Fsp3) is 0.371. The van der Waals surface area contributed by atoms with Crippen LogP contribution in [-0.4, -0.2) is 54.5 Å². The van der Waals surface area contributed by atoms with Gasteiger partial charge in [0.25, 0.3) is 0 Å². The molecule has 7 heteroatoms. The topological polar surface area (TPSA) is 77.7 Å². The number of aromatic nitrogens is 1. The lowest BCUT2D eigenvalue weighted by Crippen LogP contribution is -2.38. The number of carbonyl (C=O) groups is 2. The Morgan fingerprint density at radius 2 is 1.67 bits per heavy atom. The van der Waals surface area contributed by atoms with Crippen molar-refractivity contribution >= 4 is 34.1 Å². The lowest BCUT2D eigenvalue weighted by molar-refractivity contribution is -0.135. The van der Waals surface area contributed by atoms with Crippen LogP contribution in [0.15, 0.2) is 78.9 Å². The first-order valence-corrected chi connectivity index (χ1v) is 14.9. The molecule has 0 radical (unpaired) electrons. The molecule has 1 aliphatic carbocycles. The lowest BCUT2D eigenvalue weighted by Gasteiger charge is -2.29. The minimum atomic E-state index is -0.197. The van der Waals surface area contributed by atoms with Crippen LogP contribution < -0.4 is 10.2 Å². The number of para-hydroxylation sites is 1. The third-order valence-corrected chi connectivity index (χ3v) is 9.13. The molecule has 4 aromatic rings. The first-order valence-electron chi connectivity index (χ1n) is 14.9. The number of rotatable bonds is 9. The number of hydrogen-bond acceptors (Lipinski definition) is 4. The predicted octanol–water partition coefficient (Wildman–Crippen LogP) is 6.11. The summed E-state index contributed by atoms with van der Waals surface area (Å²) in [6.07, 6.45) is 0.408. The Hall–Kier alpha value is -4.10. The molecule has 1 aliphatic heterocycles. The number of carbonyl (C=O) groups excluding carboxylic acids is 2. The van der Waals surface area contributed by atoms with Gasteiger partial charge in [0.05, 0.1) is 13.2 Å². The number of amides is 2. The standard InChI is InChI=1S/C35H40N4O3/c1-24-33(28-11-7-8-12-30(28)36-24)34-29(35(34,2)3)21-32(41)39(22-25-9-5-4-6-10-25)23-31(40)37-26-13-15-27(16-14-26)38-17-19-42-20-18-38/h4-16,29,34,36H,17-23H2,1-3H3,(H,37,40)/t29-,34+/m1/s1. The van der Waals surface area contributed by atoms with E-state index in [0.717, 1.165) is 48.8 Å². The van der Waals surface area contributed by atoms with E-state index in [9.17, 15) is 9.59 Å². The van der Waals surface area contributed by atoms with Crippen molar-refractivity contribution in [2.24, 2.45) is 11.3 Å². The van der Waals surface area contributed by atoms with Crippen molar-refractivity contribution in [1.29, 1.82) is 0 Å². The van der Waals surface area contributed by atoms with Crippen molar-refractivity contribution in [1.82, 2.24) is 9.88 Å². The van der Waals surface area contributed by atoms with Gasteiger partial charge in [0.1, 0.15) is 6.54 Å². The molecule has 0 unspecified atom stereocenters. The van der Waals surface area contributed by atoms with Crippen molar-refractivity contribution in [3.63, 3.8) is 0 Å². The zero-order valence-corrected chi connectivity index (χ0v) is 24.7. The highest BCUT2D eigenvalue weighted by atomic mass is 16.5. The van der Waals surface area contributed by atoms with Crippen LogP contribution in [0.4, 0.5) is 11.4 Å². The molecular weight excluding hydrogens is 524 g/mol. The molecule has 2 fully saturated rings. The number of anilines is 2. The number of hydrogen-bond donors (Lipinski definition) is 2. The maximum Gasteiger partial charge on any atom is 0.244 e. The number of aromatic amines is 1. The van der Waals surface area contributed by atoms with Crippen LogP contribution in [0.25, 0.3) is 10.9 Å². The molecule has 2 atom stereocenters. The van der Waals surface area contributed by atoms with Crippen LogP contribution in [0, 0.1) is 18.3 Å². The molecule has 6 rings (SSSR count). The van der Waals surface area contributed by atoms with Crippen LogP contribution >= 0.6 is 0 Å². The van der Waals surface area contributed by atoms with E-state index in [2.05, 4.69) is 54.2 Å². The maximum absolute atomic E-state index is 13.9. The van der Waals surface area contributed by atoms with E-state index < -0.39 is 0 Å². The molecule has 1 saturated heterocycles. The first-order chi connectivity index (χ1) is 20.3. The second kappa shape index (κ2) is 11.6. The molecule has 2 amide bonds. The fourth-order valence-electron chi connectivity index (χ4n) is 6.70. The van der Waals surface area contributed by atoms with E-state index in [1.165, 1.54) is 16.6 Å². The minimum absolute atomic E-state index is 0.00285. The van der Waals surface area contributed by atoms with E-state index in [-0.39, 0.29) is 35.6 Å². The van der Waals surface area contributed by atoms with Gasteiger partial charge in [0, 0.05) is 54.0 Å². The summed E-state index contributed by atoms with van der Waals surface area (Å²) in [5.41, 5.74) is 6.47. The van der Waals surface area contributed by atoms with Gasteiger partial charge in [0.15, 0.2) is 0 Å². The van der Waals surface area contributed by atoms with Crippen molar-refractivity contribution in [2.45, 2.75) is 39.7 Å². The minimum Gasteiger partial charge on any atom is -0.378 e. The van der Waals surface area contributed by atoms with Crippen LogP contribution in [0.5, 0.6) is 0 Å². The molecule has 1 saturated carbocycles. The van der Waals surface area contributed by atoms with E-state index in [1.807, 2.05) is 60.7 Å². The fourth-order valence-corrected chi connectivity index (χ4v) is 6.70. The van der Waals surface area contributed by atoms with E-state index in [1.54, 1.807) is 4.90 Å². The SMILES string of the molecule is Cc1[nH]c2ccccc2c1[C@@H]1[C@@H](CC(=O)N(CC(=O)Nc2ccc(N3CCOCC3)cc2)Cc2ccccc2)C1(C)C. The highest BCUT2D eigenvalue weighted by Crippen LogP contribution is 2.67. The quantitative estimate of drug-likeness (QED) is 0.257. The molecule has 218 valence electrons. The Kier molecular flexibility index (Phi) is 7.78. The summed E-state index contributed by atoms with van der Waals surface area (Å²) in [6.45, 7) is 10.2. The van der Waals surface area contributed by atoms with Crippen LogP contribution in [0.2, 0.25) is 0 Å². The summed E-state index contributed by atoms with van der Waals surface area (Å²) in [5.74, 6) is 0.305. The zero-order valence-electron chi connectivity index (χ0n) is 24.7. The van der Waals surface area contributed by atoms with Gasteiger partial charge in [-0.2, -0.15) is 0 Å². The van der Waals surface area contributed by atoms with E-state index in [0.29, 0.717) is 13.0 Å². The van der Waals surface area contributed by atoms with Gasteiger partial charge in [-0.05, 0) is 65.6 Å². The van der Waals surface area contributed by atoms with Crippen LogP contribution in [-0.2, 0) is 20.9 Å². The van der Waals surface area contributed by atoms with Gasteiger partial charge in [-0.15, -0.1) is 0 Å². The molecule has 1 aromatic heterocycles. The van der Waals surface area contributed by atoms with Gasteiger partial charge in [0.2, 0.25) is 11.8 Å². The van der Waals surface area contributed by atoms with Crippen molar-refractivity contribution < 1.29 is 14.3 Å². The molecular formula is C35H40N4O3. The predicted molar refractivity (Wildman–Crippen MR) is 168 cm³/mol. The zero-order chi connectivity index (χ0) is 29.3. The van der Waals surface area contributed by atoms with Gasteiger partial charge >= 0.3 is 0 Å². The largest absolute Gasteiger partial charge is 0.378 e. The Labute approximate surface area is 247 Å². The molecule has 2 aliphatic rings. The molecule has 2 N–H and O–H groups in total. The van der Waals surface area contributed by atoms with Crippen molar-refractivity contribution in [2.75, 3.05) is 43.1 Å². The summed E-state index contributed by atoms with van der Waals surface area (Å²) < 4.78 is 5.45. The Bertz CT molecular complexity index is 1550. The highest BCUT2D eigenvalue weighted by molar-refractivity contribution is 5.95. The third kappa shape index (κ3) is 5.79. The summed E-state index contributed by atoms with van der Waals surface area (Å²) >= 11 is 0. The average Bonchev–Trinajstić information content (AvgIpc) is 3.34. The number of morpholine rings is 1. The number of aryl methyl sites for hydroxylation is 1. The summed E-state index contributed by atoms with van der Waals surface area (Å²) in [6, 6.07) is 26.2. The number of ether oxygens (including phenoxy) is 1. The Morgan fingerprint density at radius 3 is 2.40 bits per heavy atom. The number of H-pyrrole nitrogens is 1. The average molecular weight is 565 g/mol. The van der Waals surface area contributed by atoms with Crippen LogP contribution in [0.3, 0.4) is 0 Å². The second-order valence-electron chi connectivity index (χ2n) is 12.2. The van der Waals surface area contributed by atoms with Crippen molar-refractivity contribution in [3.05, 3.63) is 95.7 Å². The molecule has 3 aromatic carbocycles. The smallest absolute Gasteiger partial charge is 0.244 e. The number of fused-ring (bicyclic) bond motifs is 1. The maximum atomic E-state index is 13.9. The van der Waals surface area contributed by atoms with Crippen molar-refractivity contribution in [3.8, 4) is 0 Å². The van der Waals surface area contributed by atoms with Gasteiger partial charge in [-0.25, -0.2) is 0 Å². The Morgan fingerprint density at radius 1 is 0.976 bits per heavy atom. The number of nitrogens with one attached hydrogen (secondary N) is 2. The molecule has 0 spiro atoms. The molecule has 2 heterocycles. The van der Waals surface area contributed by atoms with Gasteiger partial charge < -0.3 is 24.8 Å². The monoisotopic (exact) mass is 564 g/mol. The summed E-state index contributed by atoms with van der Waals surface area (Å²) in [4.78, 5) is 34.6. The van der Waals surface area contributed by atoms with E-state index >= 15 is 0 Å². The lowest BCUT2D eigenvalue weighted by atomic mass is 10.0. The highest BCUT2D eigenvalue weighted by Gasteiger charge is 2.59. The third-order valence-electron chi connectivity index (χ3n) is 9.13. The Balaban J connectivity index is 1.15. The molecule has 0 bridgehead atoms. The number of nitrogens with zero attached hydrogens (tertiary/aromatic N) is 2. The summed E-state index contributed by atoms with van der Waals surface area (Å²) in [7, 11) is 0. The van der Waals surface area contributed by atoms with Gasteiger partial charge in [-0.1, -0.05) is 62.4 Å². The molecule has 7 nitrogen and oxygen atoms in total. The second-order valence-corrected chi connectivity index (χ2v) is 12.2.